The number of rotatable bonds is 7. The lowest BCUT2D eigenvalue weighted by Crippen LogP contribution is -2.36. The van der Waals surface area contributed by atoms with Crippen molar-refractivity contribution >= 4 is 11.4 Å². The Hall–Kier alpha value is -2.04. The first-order valence-corrected chi connectivity index (χ1v) is 11.8. The molecule has 4 heteroatoms. The lowest BCUT2D eigenvalue weighted by atomic mass is 9.90. The van der Waals surface area contributed by atoms with Gasteiger partial charge in [0.05, 0.1) is 13.2 Å². The molecule has 30 heavy (non-hydrogen) atoms. The average molecular weight is 408 g/mol. The van der Waals surface area contributed by atoms with E-state index in [0.717, 1.165) is 59.0 Å². The van der Waals surface area contributed by atoms with Crippen LogP contribution in [-0.4, -0.2) is 57.4 Å². The number of morpholine rings is 1. The fourth-order valence-corrected chi connectivity index (χ4v) is 4.92. The second kappa shape index (κ2) is 10.3. The number of hydrogen-bond donors (Lipinski definition) is 0. The normalized spacial score (nSPS) is 20.3. The summed E-state index contributed by atoms with van der Waals surface area (Å²) in [6, 6.07) is 18.5. The van der Waals surface area contributed by atoms with Gasteiger partial charge in [-0.1, -0.05) is 24.3 Å². The summed E-state index contributed by atoms with van der Waals surface area (Å²) in [7, 11) is 0. The number of anilines is 2. The molecule has 0 spiro atoms. The predicted molar refractivity (Wildman–Crippen MR) is 127 cm³/mol. The van der Waals surface area contributed by atoms with Gasteiger partial charge in [0.2, 0.25) is 0 Å². The van der Waals surface area contributed by atoms with E-state index in [-0.39, 0.29) is 0 Å². The Morgan fingerprint density at radius 3 is 2.57 bits per heavy atom. The highest BCUT2D eigenvalue weighted by atomic mass is 16.5. The van der Waals surface area contributed by atoms with Crippen LogP contribution in [0.4, 0.5) is 11.4 Å². The smallest absolute Gasteiger partial charge is 0.0594 e. The minimum atomic E-state index is 0.608. The summed E-state index contributed by atoms with van der Waals surface area (Å²) in [5, 5.41) is 0. The lowest BCUT2D eigenvalue weighted by molar-refractivity contribution is 0.0342. The Morgan fingerprint density at radius 1 is 0.967 bits per heavy atom. The van der Waals surface area contributed by atoms with Crippen molar-refractivity contribution in [3.8, 4) is 0 Å². The summed E-state index contributed by atoms with van der Waals surface area (Å²) in [5.41, 5.74) is 5.65. The first kappa shape index (κ1) is 21.2. The average Bonchev–Trinajstić information content (AvgIpc) is 2.81. The van der Waals surface area contributed by atoms with Gasteiger partial charge in [-0.15, -0.1) is 0 Å². The molecule has 2 aromatic rings. The molecule has 1 unspecified atom stereocenters. The third-order valence-electron chi connectivity index (χ3n) is 6.68. The second-order valence-electron chi connectivity index (χ2n) is 8.61. The van der Waals surface area contributed by atoms with E-state index < -0.39 is 0 Å². The third kappa shape index (κ3) is 5.16. The van der Waals surface area contributed by atoms with E-state index in [1.807, 2.05) is 0 Å². The molecule has 0 radical (unpaired) electrons. The first-order valence-electron chi connectivity index (χ1n) is 11.8. The van der Waals surface area contributed by atoms with Gasteiger partial charge >= 0.3 is 0 Å². The van der Waals surface area contributed by atoms with Crippen LogP contribution in [0.25, 0.3) is 0 Å². The van der Waals surface area contributed by atoms with Gasteiger partial charge in [-0.25, -0.2) is 0 Å². The molecule has 2 heterocycles. The molecule has 0 amide bonds. The van der Waals surface area contributed by atoms with Crippen molar-refractivity contribution in [1.29, 1.82) is 0 Å². The molecule has 0 N–H and O–H groups in total. The molecule has 1 atom stereocenters. The van der Waals surface area contributed by atoms with E-state index in [0.29, 0.717) is 5.92 Å². The topological polar surface area (TPSA) is 19.0 Å². The molecule has 0 saturated carbocycles. The lowest BCUT2D eigenvalue weighted by Gasteiger charge is -2.35. The van der Waals surface area contributed by atoms with E-state index >= 15 is 0 Å². The Kier molecular flexibility index (Phi) is 7.29. The molecular weight excluding hydrogens is 370 g/mol. The second-order valence-corrected chi connectivity index (χ2v) is 8.61. The zero-order chi connectivity index (χ0) is 20.8. The number of ether oxygens (including phenoxy) is 1. The van der Waals surface area contributed by atoms with Crippen molar-refractivity contribution < 1.29 is 4.74 Å². The zero-order valence-electron chi connectivity index (χ0n) is 18.7. The molecule has 2 fully saturated rings. The minimum Gasteiger partial charge on any atom is -0.379 e. The van der Waals surface area contributed by atoms with Gasteiger partial charge in [0.25, 0.3) is 0 Å². The van der Waals surface area contributed by atoms with E-state index in [9.17, 15) is 0 Å². The maximum absolute atomic E-state index is 5.49. The molecule has 0 aliphatic carbocycles. The summed E-state index contributed by atoms with van der Waals surface area (Å²) >= 11 is 0. The highest BCUT2D eigenvalue weighted by molar-refractivity contribution is 5.52. The van der Waals surface area contributed by atoms with Gasteiger partial charge in [0, 0.05) is 63.1 Å². The quantitative estimate of drug-likeness (QED) is 0.659. The summed E-state index contributed by atoms with van der Waals surface area (Å²) in [4.78, 5) is 7.54. The summed E-state index contributed by atoms with van der Waals surface area (Å²) in [5.74, 6) is 0.608. The summed E-state index contributed by atoms with van der Waals surface area (Å²) in [6.45, 7) is 13.7. The van der Waals surface area contributed by atoms with E-state index in [1.54, 1.807) is 0 Å². The molecule has 4 nitrogen and oxygen atoms in total. The summed E-state index contributed by atoms with van der Waals surface area (Å²) in [6.07, 6.45) is 2.54. The van der Waals surface area contributed by atoms with Gasteiger partial charge < -0.3 is 14.5 Å². The zero-order valence-corrected chi connectivity index (χ0v) is 18.7. The maximum Gasteiger partial charge on any atom is 0.0594 e. The highest BCUT2D eigenvalue weighted by Crippen LogP contribution is 2.32. The maximum atomic E-state index is 5.49. The fourth-order valence-electron chi connectivity index (χ4n) is 4.92. The Bertz CT molecular complexity index is 798. The van der Waals surface area contributed by atoms with E-state index in [4.69, 9.17) is 4.74 Å². The van der Waals surface area contributed by atoms with E-state index in [2.05, 4.69) is 77.1 Å². The SMILES string of the molecule is CCN(CC)c1cccc(C2CCCN(c3cccc(CN4CCOCC4)c3)C2)c1. The Morgan fingerprint density at radius 2 is 1.77 bits per heavy atom. The van der Waals surface area contributed by atoms with Gasteiger partial charge in [0.15, 0.2) is 0 Å². The number of benzene rings is 2. The number of piperidine rings is 1. The van der Waals surface area contributed by atoms with Gasteiger partial charge in [0.1, 0.15) is 0 Å². The van der Waals surface area contributed by atoms with Crippen molar-refractivity contribution in [2.75, 3.05) is 62.3 Å². The van der Waals surface area contributed by atoms with Crippen molar-refractivity contribution in [2.24, 2.45) is 0 Å². The Labute approximate surface area is 182 Å². The van der Waals surface area contributed by atoms with Crippen molar-refractivity contribution in [2.45, 2.75) is 39.2 Å². The van der Waals surface area contributed by atoms with Crippen LogP contribution < -0.4 is 9.80 Å². The van der Waals surface area contributed by atoms with Gasteiger partial charge in [-0.05, 0) is 62.1 Å². The fraction of sp³-hybridized carbons (Fsp3) is 0.538. The van der Waals surface area contributed by atoms with Crippen LogP contribution in [0.1, 0.15) is 43.7 Å². The molecule has 0 aromatic heterocycles. The molecule has 2 aliphatic heterocycles. The van der Waals surface area contributed by atoms with Crippen molar-refractivity contribution in [1.82, 2.24) is 4.90 Å². The van der Waals surface area contributed by atoms with Gasteiger partial charge in [-0.3, -0.25) is 4.90 Å². The molecule has 2 aromatic carbocycles. The van der Waals surface area contributed by atoms with Crippen molar-refractivity contribution in [3.05, 3.63) is 59.7 Å². The van der Waals surface area contributed by atoms with Crippen molar-refractivity contribution in [3.63, 3.8) is 0 Å². The van der Waals surface area contributed by atoms with Crippen LogP contribution in [-0.2, 0) is 11.3 Å². The van der Waals surface area contributed by atoms with Crippen LogP contribution in [0.15, 0.2) is 48.5 Å². The molecular formula is C26H37N3O. The Balaban J connectivity index is 1.45. The molecule has 4 rings (SSSR count). The molecule has 2 saturated heterocycles. The standard InChI is InChI=1S/C26H37N3O/c1-3-28(4-2)26-12-6-9-23(19-26)24-10-7-13-29(21-24)25-11-5-8-22(18-25)20-27-14-16-30-17-15-27/h5-6,8-9,11-12,18-19,24H,3-4,7,10,13-17,20-21H2,1-2H3. The third-order valence-corrected chi connectivity index (χ3v) is 6.68. The minimum absolute atomic E-state index is 0.608. The van der Waals surface area contributed by atoms with Crippen LogP contribution in [0.3, 0.4) is 0 Å². The number of nitrogens with zero attached hydrogens (tertiary/aromatic N) is 3. The predicted octanol–water partition coefficient (Wildman–Crippen LogP) is 4.75. The summed E-state index contributed by atoms with van der Waals surface area (Å²) < 4.78 is 5.49. The van der Waals surface area contributed by atoms with Crippen LogP contribution in [0.5, 0.6) is 0 Å². The van der Waals surface area contributed by atoms with Crippen LogP contribution >= 0.6 is 0 Å². The molecule has 0 bridgehead atoms. The van der Waals surface area contributed by atoms with Crippen LogP contribution in [0, 0.1) is 0 Å². The molecule has 2 aliphatic rings. The van der Waals surface area contributed by atoms with Crippen LogP contribution in [0.2, 0.25) is 0 Å². The first-order chi connectivity index (χ1) is 14.8. The highest BCUT2D eigenvalue weighted by Gasteiger charge is 2.22. The largest absolute Gasteiger partial charge is 0.379 e. The monoisotopic (exact) mass is 407 g/mol. The van der Waals surface area contributed by atoms with Gasteiger partial charge in [-0.2, -0.15) is 0 Å². The molecule has 162 valence electrons. The van der Waals surface area contributed by atoms with E-state index in [1.165, 1.54) is 35.3 Å². The number of hydrogen-bond acceptors (Lipinski definition) is 4.